The Kier molecular flexibility index (Phi) is 4.06. The van der Waals surface area contributed by atoms with Crippen molar-refractivity contribution in [3.8, 4) is 5.75 Å². The van der Waals surface area contributed by atoms with Gasteiger partial charge in [-0.3, -0.25) is 4.79 Å². The summed E-state index contributed by atoms with van der Waals surface area (Å²) in [5.41, 5.74) is 1.17. The molecule has 0 aliphatic carbocycles. The minimum Gasteiger partial charge on any atom is -0.497 e. The Hall–Kier alpha value is -3.14. The summed E-state index contributed by atoms with van der Waals surface area (Å²) in [4.78, 5) is 23.8. The van der Waals surface area contributed by atoms with Gasteiger partial charge >= 0.3 is 5.63 Å². The quantitative estimate of drug-likeness (QED) is 0.419. The van der Waals surface area contributed by atoms with Crippen LogP contribution in [0.2, 0.25) is 0 Å². The highest BCUT2D eigenvalue weighted by Gasteiger charge is 2.06. The third-order valence-electron chi connectivity index (χ3n) is 3.46. The van der Waals surface area contributed by atoms with Gasteiger partial charge in [0, 0.05) is 23.1 Å². The fourth-order valence-electron chi connectivity index (χ4n) is 2.30. The molecule has 4 nitrogen and oxygen atoms in total. The van der Waals surface area contributed by atoms with E-state index in [4.69, 9.17) is 9.15 Å². The molecule has 0 amide bonds. The average Bonchev–Trinajstić information content (AvgIpc) is 2.59. The SMILES string of the molecule is COc1ccc2c(/C=C/C(=O)c3ccccc3)cc(=O)oc2c1. The van der Waals surface area contributed by atoms with Crippen molar-refractivity contribution in [3.05, 3.63) is 82.2 Å². The zero-order valence-corrected chi connectivity index (χ0v) is 12.5. The lowest BCUT2D eigenvalue weighted by molar-refractivity contribution is 0.104. The van der Waals surface area contributed by atoms with E-state index in [9.17, 15) is 9.59 Å². The van der Waals surface area contributed by atoms with Gasteiger partial charge in [-0.05, 0) is 23.8 Å². The molecule has 0 aliphatic heterocycles. The summed E-state index contributed by atoms with van der Waals surface area (Å²) in [5.74, 6) is 0.475. The van der Waals surface area contributed by atoms with Gasteiger partial charge in [0.05, 0.1) is 7.11 Å². The molecule has 1 heterocycles. The van der Waals surface area contributed by atoms with Crippen molar-refractivity contribution in [2.75, 3.05) is 7.11 Å². The van der Waals surface area contributed by atoms with E-state index in [0.29, 0.717) is 22.5 Å². The van der Waals surface area contributed by atoms with Crippen molar-refractivity contribution < 1.29 is 13.9 Å². The Morgan fingerprint density at radius 1 is 1.09 bits per heavy atom. The molecule has 1 aromatic heterocycles. The molecule has 2 aromatic carbocycles. The van der Waals surface area contributed by atoms with Crippen LogP contribution >= 0.6 is 0 Å². The normalized spacial score (nSPS) is 11.0. The molecule has 114 valence electrons. The molecule has 23 heavy (non-hydrogen) atoms. The van der Waals surface area contributed by atoms with Crippen LogP contribution in [0.15, 0.2) is 69.9 Å². The summed E-state index contributed by atoms with van der Waals surface area (Å²) in [5, 5.41) is 0.738. The first kappa shape index (κ1) is 14.8. The van der Waals surface area contributed by atoms with Crippen LogP contribution in [0.3, 0.4) is 0 Å². The third-order valence-corrected chi connectivity index (χ3v) is 3.46. The molecule has 0 spiro atoms. The number of rotatable bonds is 4. The van der Waals surface area contributed by atoms with Gasteiger partial charge in [0.2, 0.25) is 0 Å². The summed E-state index contributed by atoms with van der Waals surface area (Å²) < 4.78 is 10.3. The van der Waals surface area contributed by atoms with Crippen LogP contribution in [0, 0.1) is 0 Å². The van der Waals surface area contributed by atoms with E-state index >= 15 is 0 Å². The van der Waals surface area contributed by atoms with Gasteiger partial charge in [0.1, 0.15) is 11.3 Å². The average molecular weight is 306 g/mol. The minimum atomic E-state index is -0.474. The van der Waals surface area contributed by atoms with Crippen LogP contribution in [-0.2, 0) is 0 Å². The van der Waals surface area contributed by atoms with Crippen LogP contribution in [0.1, 0.15) is 15.9 Å². The van der Waals surface area contributed by atoms with E-state index in [2.05, 4.69) is 0 Å². The van der Waals surface area contributed by atoms with E-state index in [1.54, 1.807) is 55.7 Å². The number of ether oxygens (including phenoxy) is 1. The molecule has 0 saturated heterocycles. The molecule has 0 saturated carbocycles. The van der Waals surface area contributed by atoms with Gasteiger partial charge in [0.25, 0.3) is 0 Å². The lowest BCUT2D eigenvalue weighted by Crippen LogP contribution is -1.99. The van der Waals surface area contributed by atoms with E-state index in [0.717, 1.165) is 5.39 Å². The summed E-state index contributed by atoms with van der Waals surface area (Å²) in [6.45, 7) is 0. The first-order valence-corrected chi connectivity index (χ1v) is 7.07. The molecule has 0 atom stereocenters. The van der Waals surface area contributed by atoms with Crippen molar-refractivity contribution in [1.82, 2.24) is 0 Å². The fourth-order valence-corrected chi connectivity index (χ4v) is 2.30. The zero-order chi connectivity index (χ0) is 16.2. The van der Waals surface area contributed by atoms with Gasteiger partial charge < -0.3 is 9.15 Å². The number of fused-ring (bicyclic) bond motifs is 1. The summed E-state index contributed by atoms with van der Waals surface area (Å²) in [6, 6.07) is 15.5. The molecular weight excluding hydrogens is 292 g/mol. The number of methoxy groups -OCH3 is 1. The van der Waals surface area contributed by atoms with Crippen LogP contribution in [0.4, 0.5) is 0 Å². The van der Waals surface area contributed by atoms with Gasteiger partial charge in [-0.15, -0.1) is 0 Å². The van der Waals surface area contributed by atoms with Crippen LogP contribution in [-0.4, -0.2) is 12.9 Å². The zero-order valence-electron chi connectivity index (χ0n) is 12.5. The standard InChI is InChI=1S/C19H14O4/c1-22-15-8-9-16-14(11-19(21)23-18(16)12-15)7-10-17(20)13-5-3-2-4-6-13/h2-12H,1H3/b10-7+. The number of carbonyl (C=O) groups is 1. The van der Waals surface area contributed by atoms with Crippen LogP contribution in [0.25, 0.3) is 17.0 Å². The number of carbonyl (C=O) groups excluding carboxylic acids is 1. The smallest absolute Gasteiger partial charge is 0.336 e. The van der Waals surface area contributed by atoms with E-state index in [1.165, 1.54) is 12.1 Å². The van der Waals surface area contributed by atoms with E-state index in [1.807, 2.05) is 6.07 Å². The second-order valence-corrected chi connectivity index (χ2v) is 4.95. The maximum absolute atomic E-state index is 12.1. The van der Waals surface area contributed by atoms with Crippen molar-refractivity contribution in [2.45, 2.75) is 0 Å². The van der Waals surface area contributed by atoms with Gasteiger partial charge in [-0.2, -0.15) is 0 Å². The Labute approximate surface area is 132 Å². The largest absolute Gasteiger partial charge is 0.497 e. The fraction of sp³-hybridized carbons (Fsp3) is 0.0526. The molecule has 3 aromatic rings. The van der Waals surface area contributed by atoms with Crippen molar-refractivity contribution in [3.63, 3.8) is 0 Å². The molecule has 0 unspecified atom stereocenters. The van der Waals surface area contributed by atoms with Crippen LogP contribution in [0.5, 0.6) is 5.75 Å². The second kappa shape index (κ2) is 6.32. The van der Waals surface area contributed by atoms with E-state index < -0.39 is 5.63 Å². The summed E-state index contributed by atoms with van der Waals surface area (Å²) >= 11 is 0. The molecule has 3 rings (SSSR count). The summed E-state index contributed by atoms with van der Waals surface area (Å²) in [7, 11) is 1.54. The predicted octanol–water partition coefficient (Wildman–Crippen LogP) is 3.70. The second-order valence-electron chi connectivity index (χ2n) is 4.95. The Morgan fingerprint density at radius 3 is 2.61 bits per heavy atom. The minimum absolute atomic E-state index is 0.125. The maximum atomic E-state index is 12.1. The van der Waals surface area contributed by atoms with Gasteiger partial charge in [0.15, 0.2) is 5.78 Å². The Bertz CT molecular complexity index is 936. The van der Waals surface area contributed by atoms with E-state index in [-0.39, 0.29) is 5.78 Å². The molecular formula is C19H14O4. The highest BCUT2D eigenvalue weighted by molar-refractivity contribution is 6.07. The molecule has 0 radical (unpaired) electrons. The topological polar surface area (TPSA) is 56.5 Å². The summed E-state index contributed by atoms with van der Waals surface area (Å²) in [6.07, 6.45) is 3.08. The molecule has 0 fully saturated rings. The van der Waals surface area contributed by atoms with Crippen molar-refractivity contribution >= 4 is 22.8 Å². The highest BCUT2D eigenvalue weighted by atomic mass is 16.5. The van der Waals surface area contributed by atoms with Crippen LogP contribution < -0.4 is 10.4 Å². The number of hydrogen-bond acceptors (Lipinski definition) is 4. The van der Waals surface area contributed by atoms with Gasteiger partial charge in [-0.1, -0.05) is 36.4 Å². The highest BCUT2D eigenvalue weighted by Crippen LogP contribution is 2.23. The Balaban J connectivity index is 2.01. The third kappa shape index (κ3) is 3.21. The van der Waals surface area contributed by atoms with Crippen molar-refractivity contribution in [2.24, 2.45) is 0 Å². The lowest BCUT2D eigenvalue weighted by atomic mass is 10.1. The molecule has 4 heteroatoms. The predicted molar refractivity (Wildman–Crippen MR) is 88.8 cm³/mol. The number of ketones is 1. The molecule has 0 bridgehead atoms. The maximum Gasteiger partial charge on any atom is 0.336 e. The first-order valence-electron chi connectivity index (χ1n) is 7.07. The number of allylic oxidation sites excluding steroid dienone is 1. The number of benzene rings is 2. The molecule has 0 aliphatic rings. The number of hydrogen-bond donors (Lipinski definition) is 0. The monoisotopic (exact) mass is 306 g/mol. The molecule has 0 N–H and O–H groups in total. The first-order chi connectivity index (χ1) is 11.2. The Morgan fingerprint density at radius 2 is 1.87 bits per heavy atom. The lowest BCUT2D eigenvalue weighted by Gasteiger charge is -2.03. The van der Waals surface area contributed by atoms with Gasteiger partial charge in [-0.25, -0.2) is 4.79 Å². The van der Waals surface area contributed by atoms with Crippen molar-refractivity contribution in [1.29, 1.82) is 0 Å².